The summed E-state index contributed by atoms with van der Waals surface area (Å²) >= 11 is 0. The molecule has 2 aliphatic rings. The Labute approximate surface area is 94.6 Å². The van der Waals surface area contributed by atoms with Gasteiger partial charge in [0.2, 0.25) is 0 Å². The van der Waals surface area contributed by atoms with Crippen LogP contribution in [0.25, 0.3) is 0 Å². The summed E-state index contributed by atoms with van der Waals surface area (Å²) < 4.78 is 5.15. The molecule has 0 bridgehead atoms. The topological polar surface area (TPSA) is 45.5 Å². The summed E-state index contributed by atoms with van der Waals surface area (Å²) in [6.45, 7) is 2.81. The summed E-state index contributed by atoms with van der Waals surface area (Å²) in [5.74, 6) is 1.13. The quantitative estimate of drug-likeness (QED) is 0.771. The maximum atomic E-state index is 12.1. The average Bonchev–Trinajstić information content (AvgIpc) is 2.98. The largest absolute Gasteiger partial charge is 0.459 e. The molecule has 0 radical (unpaired) electrons. The molecule has 0 spiro atoms. The first-order chi connectivity index (χ1) is 7.84. The molecular formula is C12H16N2O2. The smallest absolute Gasteiger partial charge is 0.289 e. The zero-order valence-corrected chi connectivity index (χ0v) is 9.19. The van der Waals surface area contributed by atoms with Gasteiger partial charge >= 0.3 is 0 Å². The van der Waals surface area contributed by atoms with Crippen molar-refractivity contribution < 1.29 is 9.21 Å². The molecule has 2 fully saturated rings. The van der Waals surface area contributed by atoms with Crippen molar-refractivity contribution in [3.05, 3.63) is 24.2 Å². The second-order valence-corrected chi connectivity index (χ2v) is 4.63. The highest BCUT2D eigenvalue weighted by atomic mass is 16.3. The van der Waals surface area contributed by atoms with Gasteiger partial charge in [0.05, 0.1) is 6.26 Å². The molecule has 0 aliphatic carbocycles. The molecule has 2 saturated heterocycles. The van der Waals surface area contributed by atoms with Crippen molar-refractivity contribution in [3.8, 4) is 0 Å². The molecule has 1 amide bonds. The number of hydrogen-bond acceptors (Lipinski definition) is 3. The lowest BCUT2D eigenvalue weighted by atomic mass is 9.93. The lowest BCUT2D eigenvalue weighted by Gasteiger charge is -2.34. The van der Waals surface area contributed by atoms with Crippen molar-refractivity contribution in [2.24, 2.45) is 5.92 Å². The lowest BCUT2D eigenvalue weighted by Crippen LogP contribution is -2.46. The van der Waals surface area contributed by atoms with Gasteiger partial charge in [0.1, 0.15) is 0 Å². The fraction of sp³-hybridized carbons (Fsp3) is 0.583. The Hall–Kier alpha value is -1.29. The molecule has 2 atom stereocenters. The minimum absolute atomic E-state index is 0.0374. The molecule has 86 valence electrons. The number of nitrogens with one attached hydrogen (secondary N) is 1. The fourth-order valence-electron chi connectivity index (χ4n) is 2.79. The average molecular weight is 220 g/mol. The van der Waals surface area contributed by atoms with E-state index in [-0.39, 0.29) is 5.91 Å². The summed E-state index contributed by atoms with van der Waals surface area (Å²) in [7, 11) is 0. The highest BCUT2D eigenvalue weighted by Gasteiger charge is 2.34. The van der Waals surface area contributed by atoms with Gasteiger partial charge in [0, 0.05) is 19.1 Å². The van der Waals surface area contributed by atoms with Crippen LogP contribution in [0.5, 0.6) is 0 Å². The number of rotatable bonds is 1. The van der Waals surface area contributed by atoms with Crippen LogP contribution < -0.4 is 5.32 Å². The molecule has 3 rings (SSSR count). The van der Waals surface area contributed by atoms with E-state index in [0.29, 0.717) is 17.7 Å². The summed E-state index contributed by atoms with van der Waals surface area (Å²) in [6, 6.07) is 4.12. The minimum Gasteiger partial charge on any atom is -0.459 e. The number of amides is 1. The van der Waals surface area contributed by atoms with E-state index in [1.807, 2.05) is 4.90 Å². The zero-order valence-electron chi connectivity index (χ0n) is 9.19. The van der Waals surface area contributed by atoms with E-state index in [0.717, 1.165) is 26.1 Å². The number of likely N-dealkylation sites (tertiary alicyclic amines) is 1. The minimum atomic E-state index is 0.0374. The normalized spacial score (nSPS) is 29.1. The van der Waals surface area contributed by atoms with Crippen LogP contribution in [-0.2, 0) is 0 Å². The van der Waals surface area contributed by atoms with Gasteiger partial charge in [-0.15, -0.1) is 0 Å². The van der Waals surface area contributed by atoms with E-state index in [4.69, 9.17) is 4.42 Å². The molecule has 2 aliphatic heterocycles. The van der Waals surface area contributed by atoms with Crippen molar-refractivity contribution in [3.63, 3.8) is 0 Å². The van der Waals surface area contributed by atoms with Crippen LogP contribution in [0.1, 0.15) is 23.4 Å². The third kappa shape index (κ3) is 1.63. The molecule has 1 aromatic rings. The molecule has 0 saturated carbocycles. The number of fused-ring (bicyclic) bond motifs is 1. The Morgan fingerprint density at radius 1 is 1.50 bits per heavy atom. The predicted molar refractivity (Wildman–Crippen MR) is 59.1 cm³/mol. The van der Waals surface area contributed by atoms with Crippen LogP contribution in [0, 0.1) is 5.92 Å². The summed E-state index contributed by atoms with van der Waals surface area (Å²) in [4.78, 5) is 14.0. The number of hydrogen-bond donors (Lipinski definition) is 1. The number of nitrogens with zero attached hydrogens (tertiary/aromatic N) is 1. The maximum Gasteiger partial charge on any atom is 0.289 e. The van der Waals surface area contributed by atoms with Gasteiger partial charge in [-0.2, -0.15) is 0 Å². The van der Waals surface area contributed by atoms with Crippen molar-refractivity contribution in [1.82, 2.24) is 10.2 Å². The highest BCUT2D eigenvalue weighted by Crippen LogP contribution is 2.25. The summed E-state index contributed by atoms with van der Waals surface area (Å²) in [6.07, 6.45) is 3.81. The molecule has 4 heteroatoms. The second-order valence-electron chi connectivity index (χ2n) is 4.63. The predicted octanol–water partition coefficient (Wildman–Crippen LogP) is 1.10. The van der Waals surface area contributed by atoms with Gasteiger partial charge in [-0.25, -0.2) is 0 Å². The second kappa shape index (κ2) is 3.94. The van der Waals surface area contributed by atoms with Crippen LogP contribution >= 0.6 is 0 Å². The first kappa shape index (κ1) is 9.90. The van der Waals surface area contributed by atoms with Gasteiger partial charge in [-0.3, -0.25) is 4.79 Å². The van der Waals surface area contributed by atoms with Gasteiger partial charge in [-0.1, -0.05) is 0 Å². The van der Waals surface area contributed by atoms with E-state index in [1.165, 1.54) is 6.42 Å². The first-order valence-electron chi connectivity index (χ1n) is 5.91. The van der Waals surface area contributed by atoms with Gasteiger partial charge in [-0.05, 0) is 37.4 Å². The van der Waals surface area contributed by atoms with Crippen LogP contribution in [0.15, 0.2) is 22.8 Å². The van der Waals surface area contributed by atoms with E-state index in [2.05, 4.69) is 5.32 Å². The number of carbonyl (C=O) groups excluding carboxylic acids is 1. The van der Waals surface area contributed by atoms with E-state index in [9.17, 15) is 4.79 Å². The Morgan fingerprint density at radius 3 is 3.25 bits per heavy atom. The molecule has 2 unspecified atom stereocenters. The Bertz CT molecular complexity index is 374. The Kier molecular flexibility index (Phi) is 2.44. The van der Waals surface area contributed by atoms with E-state index < -0.39 is 0 Å². The number of piperidine rings is 1. The Balaban J connectivity index is 1.70. The standard InChI is InChI=1S/C12H16N2O2/c15-12(11-2-1-7-16-11)14-6-4-10-9(8-14)3-5-13-10/h1-2,7,9-10,13H,3-6,8H2. The van der Waals surface area contributed by atoms with Gasteiger partial charge in [0.25, 0.3) is 5.91 Å². The SMILES string of the molecule is O=C(c1ccco1)N1CCC2NCCC2C1. The zero-order chi connectivity index (χ0) is 11.0. The third-order valence-corrected chi connectivity index (χ3v) is 3.67. The monoisotopic (exact) mass is 220 g/mol. The van der Waals surface area contributed by atoms with Gasteiger partial charge in [0.15, 0.2) is 5.76 Å². The van der Waals surface area contributed by atoms with E-state index in [1.54, 1.807) is 18.4 Å². The molecule has 1 aromatic heterocycles. The molecule has 0 aromatic carbocycles. The first-order valence-corrected chi connectivity index (χ1v) is 5.91. The van der Waals surface area contributed by atoms with Crippen LogP contribution in [-0.4, -0.2) is 36.5 Å². The van der Waals surface area contributed by atoms with Crippen molar-refractivity contribution in [2.45, 2.75) is 18.9 Å². The third-order valence-electron chi connectivity index (χ3n) is 3.67. The van der Waals surface area contributed by atoms with Crippen LogP contribution in [0.3, 0.4) is 0 Å². The number of furan rings is 1. The molecule has 16 heavy (non-hydrogen) atoms. The highest BCUT2D eigenvalue weighted by molar-refractivity contribution is 5.91. The van der Waals surface area contributed by atoms with Gasteiger partial charge < -0.3 is 14.6 Å². The molecule has 4 nitrogen and oxygen atoms in total. The molecule has 1 N–H and O–H groups in total. The summed E-state index contributed by atoms with van der Waals surface area (Å²) in [5.41, 5.74) is 0. The fourth-order valence-corrected chi connectivity index (χ4v) is 2.79. The maximum absolute atomic E-state index is 12.1. The Morgan fingerprint density at radius 2 is 2.44 bits per heavy atom. The molecule has 3 heterocycles. The summed E-state index contributed by atoms with van der Waals surface area (Å²) in [5, 5.41) is 3.49. The van der Waals surface area contributed by atoms with Crippen LogP contribution in [0.4, 0.5) is 0 Å². The van der Waals surface area contributed by atoms with Crippen molar-refractivity contribution in [2.75, 3.05) is 19.6 Å². The van der Waals surface area contributed by atoms with Crippen molar-refractivity contribution in [1.29, 1.82) is 0 Å². The van der Waals surface area contributed by atoms with Crippen LogP contribution in [0.2, 0.25) is 0 Å². The molecular weight excluding hydrogens is 204 g/mol. The lowest BCUT2D eigenvalue weighted by molar-refractivity contribution is 0.0630. The number of carbonyl (C=O) groups is 1. The van der Waals surface area contributed by atoms with E-state index >= 15 is 0 Å². The van der Waals surface area contributed by atoms with Crippen molar-refractivity contribution >= 4 is 5.91 Å².